The lowest BCUT2D eigenvalue weighted by Gasteiger charge is -1.98. The molecule has 1 nitrogen and oxygen atoms in total. The van der Waals surface area contributed by atoms with Crippen LogP contribution in [0.1, 0.15) is 12.8 Å². The van der Waals surface area contributed by atoms with Crippen molar-refractivity contribution in [2.24, 2.45) is 0 Å². The molecule has 1 N–H and O–H groups in total. The van der Waals surface area contributed by atoms with Gasteiger partial charge in [0.25, 0.3) is 0 Å². The minimum atomic E-state index is 0.708. The fourth-order valence-electron chi connectivity index (χ4n) is 0.657. The van der Waals surface area contributed by atoms with Crippen LogP contribution in [-0.2, 0) is 0 Å². The lowest BCUT2D eigenvalue weighted by atomic mass is 10.3. The Labute approximate surface area is 68.0 Å². The van der Waals surface area contributed by atoms with E-state index in [0.717, 1.165) is 6.54 Å². The maximum absolute atomic E-state index is 5.05. The van der Waals surface area contributed by atoms with E-state index in [1.54, 1.807) is 0 Å². The lowest BCUT2D eigenvalue weighted by molar-refractivity contribution is 0.690. The summed E-state index contributed by atoms with van der Waals surface area (Å²) in [6.07, 6.45) is 9.72. The molecule has 0 saturated carbocycles. The van der Waals surface area contributed by atoms with Gasteiger partial charge in [0.15, 0.2) is 0 Å². The van der Waals surface area contributed by atoms with Crippen LogP contribution < -0.4 is 5.32 Å². The number of thioether (sulfide) groups is 1. The summed E-state index contributed by atoms with van der Waals surface area (Å²) in [4.78, 5) is 0. The molecule has 0 aromatic heterocycles. The quantitative estimate of drug-likeness (QED) is 0.461. The zero-order valence-corrected chi connectivity index (χ0v) is 7.34. The minimum Gasteiger partial charge on any atom is -0.306 e. The molecule has 0 rings (SSSR count). The Morgan fingerprint density at radius 1 is 1.50 bits per heavy atom. The van der Waals surface area contributed by atoms with Gasteiger partial charge in [-0.2, -0.15) is 11.8 Å². The molecule has 2 heteroatoms. The van der Waals surface area contributed by atoms with Crippen LogP contribution in [0.3, 0.4) is 0 Å². The molecule has 0 saturated heterocycles. The summed E-state index contributed by atoms with van der Waals surface area (Å²) < 4.78 is 0. The van der Waals surface area contributed by atoms with Crippen LogP contribution in [0.4, 0.5) is 0 Å². The molecule has 0 aromatic carbocycles. The number of hydrogen-bond donors (Lipinski definition) is 1. The van der Waals surface area contributed by atoms with Gasteiger partial charge < -0.3 is 5.32 Å². The molecule has 0 spiro atoms. The molecule has 0 bridgehead atoms. The van der Waals surface area contributed by atoms with Crippen LogP contribution in [0.5, 0.6) is 0 Å². The number of hydrogen-bond acceptors (Lipinski definition) is 2. The molecule has 0 atom stereocenters. The second kappa shape index (κ2) is 8.87. The Balaban J connectivity index is 2.72. The monoisotopic (exact) mass is 157 g/mol. The lowest BCUT2D eigenvalue weighted by Crippen LogP contribution is -2.15. The van der Waals surface area contributed by atoms with E-state index in [-0.39, 0.29) is 0 Å². The van der Waals surface area contributed by atoms with Crippen LogP contribution in [-0.4, -0.2) is 25.1 Å². The average molecular weight is 157 g/mol. The van der Waals surface area contributed by atoms with Gasteiger partial charge in [0.05, 0.1) is 6.54 Å². The zero-order valence-electron chi connectivity index (χ0n) is 6.52. The van der Waals surface area contributed by atoms with Crippen molar-refractivity contribution >= 4 is 11.8 Å². The molecule has 0 aliphatic carbocycles. The highest BCUT2D eigenvalue weighted by atomic mass is 32.2. The van der Waals surface area contributed by atoms with E-state index in [1.165, 1.54) is 18.6 Å². The third kappa shape index (κ3) is 7.87. The summed E-state index contributed by atoms with van der Waals surface area (Å²) in [6, 6.07) is 0. The van der Waals surface area contributed by atoms with Crippen LogP contribution in [0.2, 0.25) is 0 Å². The van der Waals surface area contributed by atoms with E-state index >= 15 is 0 Å². The highest BCUT2D eigenvalue weighted by Crippen LogP contribution is 1.97. The molecule has 58 valence electrons. The first-order valence-electron chi connectivity index (χ1n) is 3.55. The molecule has 0 radical (unpaired) electrons. The molecule has 0 heterocycles. The van der Waals surface area contributed by atoms with Gasteiger partial charge in [0.1, 0.15) is 0 Å². The maximum Gasteiger partial charge on any atom is 0.0573 e. The van der Waals surface area contributed by atoms with E-state index in [0.29, 0.717) is 6.54 Å². The van der Waals surface area contributed by atoms with E-state index in [2.05, 4.69) is 17.5 Å². The summed E-state index contributed by atoms with van der Waals surface area (Å²) in [5.41, 5.74) is 0. The van der Waals surface area contributed by atoms with E-state index in [1.807, 2.05) is 11.8 Å². The minimum absolute atomic E-state index is 0.708. The molecular weight excluding hydrogens is 142 g/mol. The van der Waals surface area contributed by atoms with E-state index in [9.17, 15) is 0 Å². The first-order valence-corrected chi connectivity index (χ1v) is 4.94. The fraction of sp³-hybridized carbons (Fsp3) is 0.750. The van der Waals surface area contributed by atoms with Crippen molar-refractivity contribution in [1.29, 1.82) is 0 Å². The van der Waals surface area contributed by atoms with Crippen molar-refractivity contribution in [2.75, 3.05) is 25.1 Å². The number of terminal acetylenes is 1. The molecule has 10 heavy (non-hydrogen) atoms. The van der Waals surface area contributed by atoms with Crippen molar-refractivity contribution in [3.8, 4) is 12.3 Å². The van der Waals surface area contributed by atoms with Gasteiger partial charge in [0.2, 0.25) is 0 Å². The highest BCUT2D eigenvalue weighted by Gasteiger charge is 1.85. The molecule has 0 aliphatic heterocycles. The number of unbranched alkanes of at least 4 members (excludes halogenated alkanes) is 1. The fourth-order valence-corrected chi connectivity index (χ4v) is 1.15. The predicted octanol–water partition coefficient (Wildman–Crippen LogP) is 1.35. The number of nitrogens with one attached hydrogen (secondary N) is 1. The third-order valence-corrected chi connectivity index (χ3v) is 1.88. The highest BCUT2D eigenvalue weighted by molar-refractivity contribution is 7.98. The molecule has 0 unspecified atom stereocenters. The van der Waals surface area contributed by atoms with E-state index in [4.69, 9.17) is 6.42 Å². The normalized spacial score (nSPS) is 9.20. The van der Waals surface area contributed by atoms with Gasteiger partial charge in [-0.15, -0.1) is 6.42 Å². The molecule has 0 amide bonds. The second-order valence-electron chi connectivity index (χ2n) is 2.08. The molecule has 0 aromatic rings. The average Bonchev–Trinajstić information content (AvgIpc) is 1.97. The van der Waals surface area contributed by atoms with Gasteiger partial charge in [0, 0.05) is 0 Å². The summed E-state index contributed by atoms with van der Waals surface area (Å²) in [5.74, 6) is 3.80. The van der Waals surface area contributed by atoms with Crippen molar-refractivity contribution in [3.05, 3.63) is 0 Å². The van der Waals surface area contributed by atoms with Gasteiger partial charge >= 0.3 is 0 Å². The van der Waals surface area contributed by atoms with Crippen molar-refractivity contribution in [3.63, 3.8) is 0 Å². The summed E-state index contributed by atoms with van der Waals surface area (Å²) in [6.45, 7) is 1.77. The Morgan fingerprint density at radius 2 is 2.30 bits per heavy atom. The largest absolute Gasteiger partial charge is 0.306 e. The molecule has 0 fully saturated rings. The van der Waals surface area contributed by atoms with Crippen molar-refractivity contribution in [2.45, 2.75) is 12.8 Å². The SMILES string of the molecule is C#CCNCCCCSC. The first-order chi connectivity index (χ1) is 4.91. The van der Waals surface area contributed by atoms with Crippen LogP contribution in [0.15, 0.2) is 0 Å². The third-order valence-electron chi connectivity index (χ3n) is 1.18. The molecular formula is C8H15NS. The van der Waals surface area contributed by atoms with Crippen molar-refractivity contribution in [1.82, 2.24) is 5.32 Å². The Hall–Kier alpha value is -0.130. The maximum atomic E-state index is 5.05. The second-order valence-corrected chi connectivity index (χ2v) is 3.07. The zero-order chi connectivity index (χ0) is 7.66. The molecule has 0 aliphatic rings. The van der Waals surface area contributed by atoms with Gasteiger partial charge in [-0.3, -0.25) is 0 Å². The summed E-state index contributed by atoms with van der Waals surface area (Å²) in [5, 5.41) is 3.15. The Morgan fingerprint density at radius 3 is 2.90 bits per heavy atom. The predicted molar refractivity (Wildman–Crippen MR) is 49.3 cm³/mol. The number of rotatable bonds is 6. The Bertz CT molecular complexity index is 95.9. The van der Waals surface area contributed by atoms with E-state index < -0.39 is 0 Å². The summed E-state index contributed by atoms with van der Waals surface area (Å²) >= 11 is 1.90. The first kappa shape index (κ1) is 9.87. The Kier molecular flexibility index (Phi) is 8.75. The van der Waals surface area contributed by atoms with Crippen LogP contribution in [0.25, 0.3) is 0 Å². The summed E-state index contributed by atoms with van der Waals surface area (Å²) in [7, 11) is 0. The van der Waals surface area contributed by atoms with Crippen molar-refractivity contribution < 1.29 is 0 Å². The van der Waals surface area contributed by atoms with Crippen LogP contribution >= 0.6 is 11.8 Å². The standard InChI is InChI=1S/C8H15NS/c1-3-6-9-7-4-5-8-10-2/h1,9H,4-8H2,2H3. The van der Waals surface area contributed by atoms with Gasteiger partial charge in [-0.1, -0.05) is 5.92 Å². The van der Waals surface area contributed by atoms with Gasteiger partial charge in [-0.05, 0) is 31.4 Å². The smallest absolute Gasteiger partial charge is 0.0573 e. The van der Waals surface area contributed by atoms with Crippen LogP contribution in [0, 0.1) is 12.3 Å². The van der Waals surface area contributed by atoms with Gasteiger partial charge in [-0.25, -0.2) is 0 Å². The topological polar surface area (TPSA) is 12.0 Å².